The molecule has 0 aliphatic carbocycles. The fourth-order valence-electron chi connectivity index (χ4n) is 2.62. The van der Waals surface area contributed by atoms with E-state index in [0.29, 0.717) is 0 Å². The molecule has 0 aromatic heterocycles. The molecule has 1 atom stereocenters. The zero-order valence-electron chi connectivity index (χ0n) is 13.7. The van der Waals surface area contributed by atoms with Crippen molar-refractivity contribution in [3.8, 4) is 0 Å². The van der Waals surface area contributed by atoms with Crippen LogP contribution in [0.1, 0.15) is 33.1 Å². The van der Waals surface area contributed by atoms with Gasteiger partial charge >= 0.3 is 0 Å². The number of piperidine rings is 1. The molecule has 1 unspecified atom stereocenters. The highest BCUT2D eigenvalue weighted by molar-refractivity contribution is 4.74. The first-order valence-electron chi connectivity index (χ1n) is 8.22. The Kier molecular flexibility index (Phi) is 10.3. The van der Waals surface area contributed by atoms with Gasteiger partial charge < -0.3 is 19.7 Å². The summed E-state index contributed by atoms with van der Waals surface area (Å²) in [5, 5.41) is 3.48. The highest BCUT2D eigenvalue weighted by atomic mass is 16.5. The predicted molar refractivity (Wildman–Crippen MR) is 84.2 cm³/mol. The van der Waals surface area contributed by atoms with Crippen molar-refractivity contribution in [1.82, 2.24) is 10.2 Å². The summed E-state index contributed by atoms with van der Waals surface area (Å²) in [5.74, 6) is 1.53. The molecule has 1 N–H and O–H groups in total. The molecule has 0 spiro atoms. The maximum absolute atomic E-state index is 5.72. The maximum Gasteiger partial charge on any atom is 0.0593 e. The van der Waals surface area contributed by atoms with Crippen LogP contribution in [0, 0.1) is 11.8 Å². The summed E-state index contributed by atoms with van der Waals surface area (Å²) in [5.41, 5.74) is 0. The van der Waals surface area contributed by atoms with Crippen LogP contribution in [0.4, 0.5) is 0 Å². The summed E-state index contributed by atoms with van der Waals surface area (Å²) in [7, 11) is 1.75. The van der Waals surface area contributed by atoms with Crippen LogP contribution in [0.5, 0.6) is 0 Å². The van der Waals surface area contributed by atoms with Crippen molar-refractivity contribution in [2.75, 3.05) is 59.7 Å². The van der Waals surface area contributed by atoms with Gasteiger partial charge in [0.05, 0.1) is 13.2 Å². The second-order valence-electron chi connectivity index (χ2n) is 6.30. The first-order chi connectivity index (χ1) is 9.72. The molecule has 20 heavy (non-hydrogen) atoms. The summed E-state index contributed by atoms with van der Waals surface area (Å²) in [6.07, 6.45) is 3.85. The van der Waals surface area contributed by atoms with E-state index in [1.807, 2.05) is 0 Å². The number of hydrogen-bond acceptors (Lipinski definition) is 4. The fourth-order valence-corrected chi connectivity index (χ4v) is 2.62. The molecule has 4 nitrogen and oxygen atoms in total. The van der Waals surface area contributed by atoms with Gasteiger partial charge in [0.25, 0.3) is 0 Å². The molecule has 0 radical (unpaired) electrons. The van der Waals surface area contributed by atoms with Gasteiger partial charge in [-0.15, -0.1) is 0 Å². The Hall–Kier alpha value is -0.160. The molecule has 1 saturated heterocycles. The second kappa shape index (κ2) is 11.5. The third-order valence-corrected chi connectivity index (χ3v) is 3.91. The van der Waals surface area contributed by atoms with Crippen molar-refractivity contribution in [1.29, 1.82) is 0 Å². The van der Waals surface area contributed by atoms with E-state index in [1.165, 1.54) is 32.4 Å². The minimum atomic E-state index is 0.743. The SMILES string of the molecule is COCCNCC1CCCN(CCOCCC(C)C)C1. The Morgan fingerprint density at radius 3 is 2.85 bits per heavy atom. The van der Waals surface area contributed by atoms with Gasteiger partial charge in [-0.3, -0.25) is 0 Å². The molecule has 0 amide bonds. The largest absolute Gasteiger partial charge is 0.383 e. The number of nitrogens with zero attached hydrogens (tertiary/aromatic N) is 1. The van der Waals surface area contributed by atoms with Crippen LogP contribution in [-0.2, 0) is 9.47 Å². The van der Waals surface area contributed by atoms with Crippen molar-refractivity contribution in [2.45, 2.75) is 33.1 Å². The number of rotatable bonds is 11. The van der Waals surface area contributed by atoms with E-state index in [9.17, 15) is 0 Å². The molecule has 0 aromatic carbocycles. The average Bonchev–Trinajstić information content (AvgIpc) is 2.43. The maximum atomic E-state index is 5.72. The van der Waals surface area contributed by atoms with E-state index >= 15 is 0 Å². The quantitative estimate of drug-likeness (QED) is 0.589. The van der Waals surface area contributed by atoms with Gasteiger partial charge in [-0.05, 0) is 44.2 Å². The van der Waals surface area contributed by atoms with Crippen LogP contribution in [0.3, 0.4) is 0 Å². The van der Waals surface area contributed by atoms with Gasteiger partial charge in [0.2, 0.25) is 0 Å². The molecule has 0 aromatic rings. The van der Waals surface area contributed by atoms with Crippen LogP contribution in [0.15, 0.2) is 0 Å². The first kappa shape index (κ1) is 17.9. The number of likely N-dealkylation sites (tertiary alicyclic amines) is 1. The second-order valence-corrected chi connectivity index (χ2v) is 6.30. The monoisotopic (exact) mass is 286 g/mol. The zero-order chi connectivity index (χ0) is 14.6. The Morgan fingerprint density at radius 1 is 1.25 bits per heavy atom. The third-order valence-electron chi connectivity index (χ3n) is 3.91. The van der Waals surface area contributed by atoms with E-state index in [-0.39, 0.29) is 0 Å². The van der Waals surface area contributed by atoms with Crippen LogP contribution < -0.4 is 5.32 Å². The summed E-state index contributed by atoms with van der Waals surface area (Å²) in [6.45, 7) is 12.7. The number of ether oxygens (including phenoxy) is 2. The zero-order valence-corrected chi connectivity index (χ0v) is 13.7. The molecule has 0 bridgehead atoms. The smallest absolute Gasteiger partial charge is 0.0593 e. The van der Waals surface area contributed by atoms with E-state index < -0.39 is 0 Å². The highest BCUT2D eigenvalue weighted by Gasteiger charge is 2.19. The van der Waals surface area contributed by atoms with Crippen molar-refractivity contribution >= 4 is 0 Å². The van der Waals surface area contributed by atoms with E-state index in [1.54, 1.807) is 7.11 Å². The van der Waals surface area contributed by atoms with Crippen LogP contribution in [0.25, 0.3) is 0 Å². The molecule has 1 aliphatic rings. The Labute approximate surface area is 125 Å². The minimum absolute atomic E-state index is 0.743. The minimum Gasteiger partial charge on any atom is -0.383 e. The predicted octanol–water partition coefficient (Wildman–Crippen LogP) is 2.00. The summed E-state index contributed by atoms with van der Waals surface area (Å²) in [4.78, 5) is 2.56. The van der Waals surface area contributed by atoms with E-state index in [4.69, 9.17) is 9.47 Å². The van der Waals surface area contributed by atoms with E-state index in [2.05, 4.69) is 24.1 Å². The third kappa shape index (κ3) is 8.90. The molecule has 1 aliphatic heterocycles. The lowest BCUT2D eigenvalue weighted by molar-refractivity contribution is 0.0790. The number of hydrogen-bond donors (Lipinski definition) is 1. The lowest BCUT2D eigenvalue weighted by Crippen LogP contribution is -2.41. The fraction of sp³-hybridized carbons (Fsp3) is 1.00. The van der Waals surface area contributed by atoms with Gasteiger partial charge in [0.1, 0.15) is 0 Å². The highest BCUT2D eigenvalue weighted by Crippen LogP contribution is 2.15. The Morgan fingerprint density at radius 2 is 2.10 bits per heavy atom. The van der Waals surface area contributed by atoms with Crippen molar-refractivity contribution < 1.29 is 9.47 Å². The van der Waals surface area contributed by atoms with Crippen LogP contribution in [0.2, 0.25) is 0 Å². The van der Waals surface area contributed by atoms with Gasteiger partial charge in [0.15, 0.2) is 0 Å². The average molecular weight is 286 g/mol. The molecular formula is C16H34N2O2. The summed E-state index contributed by atoms with van der Waals surface area (Å²) in [6, 6.07) is 0. The summed E-state index contributed by atoms with van der Waals surface area (Å²) >= 11 is 0. The summed E-state index contributed by atoms with van der Waals surface area (Å²) < 4.78 is 10.8. The van der Waals surface area contributed by atoms with Gasteiger partial charge in [0, 0.05) is 33.4 Å². The Balaban J connectivity index is 2.02. The standard InChI is InChI=1S/C16H34N2O2/c1-15(2)6-10-20-12-9-18-8-4-5-16(14-18)13-17-7-11-19-3/h15-17H,4-14H2,1-3H3. The van der Waals surface area contributed by atoms with Crippen LogP contribution >= 0.6 is 0 Å². The molecule has 1 heterocycles. The topological polar surface area (TPSA) is 33.7 Å². The van der Waals surface area contributed by atoms with Crippen molar-refractivity contribution in [3.05, 3.63) is 0 Å². The molecule has 0 saturated carbocycles. The van der Waals surface area contributed by atoms with Crippen molar-refractivity contribution in [2.24, 2.45) is 11.8 Å². The molecule has 1 fully saturated rings. The van der Waals surface area contributed by atoms with Gasteiger partial charge in [-0.25, -0.2) is 0 Å². The molecular weight excluding hydrogens is 252 g/mol. The van der Waals surface area contributed by atoms with Gasteiger partial charge in [-0.1, -0.05) is 13.8 Å². The van der Waals surface area contributed by atoms with Gasteiger partial charge in [-0.2, -0.15) is 0 Å². The normalized spacial score (nSPS) is 20.7. The molecule has 4 heteroatoms. The van der Waals surface area contributed by atoms with Crippen molar-refractivity contribution in [3.63, 3.8) is 0 Å². The number of nitrogens with one attached hydrogen (secondary N) is 1. The lowest BCUT2D eigenvalue weighted by Gasteiger charge is -2.32. The lowest BCUT2D eigenvalue weighted by atomic mass is 9.98. The molecule has 1 rings (SSSR count). The Bertz CT molecular complexity index is 225. The first-order valence-corrected chi connectivity index (χ1v) is 8.22. The van der Waals surface area contributed by atoms with Crippen LogP contribution in [-0.4, -0.2) is 64.6 Å². The van der Waals surface area contributed by atoms with E-state index in [0.717, 1.165) is 51.3 Å². The number of methoxy groups -OCH3 is 1. The molecule has 120 valence electrons.